The van der Waals surface area contributed by atoms with E-state index in [0.29, 0.717) is 11.8 Å². The van der Waals surface area contributed by atoms with Gasteiger partial charge in [0.25, 0.3) is 0 Å². The summed E-state index contributed by atoms with van der Waals surface area (Å²) in [5.74, 6) is 2.64. The molecule has 2 atom stereocenters. The summed E-state index contributed by atoms with van der Waals surface area (Å²) in [7, 11) is 0. The van der Waals surface area contributed by atoms with Crippen molar-refractivity contribution < 1.29 is 9.26 Å². The van der Waals surface area contributed by atoms with E-state index in [1.807, 2.05) is 0 Å². The second kappa shape index (κ2) is 4.51. The minimum absolute atomic E-state index is 0.418. The highest BCUT2D eigenvalue weighted by atomic mass is 16.5. The van der Waals surface area contributed by atoms with Crippen LogP contribution in [0.1, 0.15) is 30.5 Å². The minimum Gasteiger partial charge on any atom is -0.381 e. The van der Waals surface area contributed by atoms with Crippen molar-refractivity contribution in [2.45, 2.75) is 25.2 Å². The quantitative estimate of drug-likeness (QED) is 0.818. The van der Waals surface area contributed by atoms with E-state index in [0.717, 1.165) is 57.3 Å². The van der Waals surface area contributed by atoms with Gasteiger partial charge in [-0.25, -0.2) is 0 Å². The molecular formula is C11H17N3O2. The van der Waals surface area contributed by atoms with Gasteiger partial charge in [-0.1, -0.05) is 5.16 Å². The summed E-state index contributed by atoms with van der Waals surface area (Å²) in [4.78, 5) is 4.48. The van der Waals surface area contributed by atoms with Gasteiger partial charge < -0.3 is 14.6 Å². The molecule has 0 spiro atoms. The molecule has 1 N–H and O–H groups in total. The van der Waals surface area contributed by atoms with Crippen LogP contribution in [0.15, 0.2) is 4.52 Å². The second-order valence-electron chi connectivity index (χ2n) is 4.67. The normalized spacial score (nSPS) is 30.0. The molecule has 0 aliphatic carbocycles. The van der Waals surface area contributed by atoms with E-state index in [1.54, 1.807) is 0 Å². The summed E-state index contributed by atoms with van der Waals surface area (Å²) in [6.45, 7) is 3.74. The fourth-order valence-electron chi connectivity index (χ4n) is 2.38. The van der Waals surface area contributed by atoms with Crippen LogP contribution in [0.4, 0.5) is 0 Å². The van der Waals surface area contributed by atoms with E-state index in [9.17, 15) is 0 Å². The lowest BCUT2D eigenvalue weighted by Gasteiger charge is -2.01. The average molecular weight is 223 g/mol. The molecule has 0 aromatic carbocycles. The Morgan fingerprint density at radius 2 is 2.38 bits per heavy atom. The average Bonchev–Trinajstić information content (AvgIpc) is 2.99. The summed E-state index contributed by atoms with van der Waals surface area (Å²) in [6.07, 6.45) is 3.12. The molecule has 2 saturated heterocycles. The van der Waals surface area contributed by atoms with E-state index in [4.69, 9.17) is 9.26 Å². The Balaban J connectivity index is 1.62. The molecule has 5 nitrogen and oxygen atoms in total. The Labute approximate surface area is 94.6 Å². The second-order valence-corrected chi connectivity index (χ2v) is 4.67. The molecule has 1 aromatic rings. The summed E-state index contributed by atoms with van der Waals surface area (Å²) >= 11 is 0. The van der Waals surface area contributed by atoms with Crippen LogP contribution in [0, 0.1) is 5.92 Å². The van der Waals surface area contributed by atoms with Gasteiger partial charge in [0.15, 0.2) is 5.82 Å². The maximum absolute atomic E-state index is 5.34. The van der Waals surface area contributed by atoms with Gasteiger partial charge in [-0.05, 0) is 25.3 Å². The van der Waals surface area contributed by atoms with Crippen molar-refractivity contribution in [3.63, 3.8) is 0 Å². The fraction of sp³-hybridized carbons (Fsp3) is 0.818. The fourth-order valence-corrected chi connectivity index (χ4v) is 2.38. The third kappa shape index (κ3) is 2.10. The van der Waals surface area contributed by atoms with Crippen LogP contribution in [0.25, 0.3) is 0 Å². The number of hydrogen-bond acceptors (Lipinski definition) is 5. The van der Waals surface area contributed by atoms with E-state index in [-0.39, 0.29) is 0 Å². The van der Waals surface area contributed by atoms with Crippen molar-refractivity contribution >= 4 is 0 Å². The van der Waals surface area contributed by atoms with Crippen LogP contribution in [0.2, 0.25) is 0 Å². The third-order valence-corrected chi connectivity index (χ3v) is 3.39. The van der Waals surface area contributed by atoms with Gasteiger partial charge >= 0.3 is 0 Å². The molecule has 2 aliphatic heterocycles. The highest BCUT2D eigenvalue weighted by molar-refractivity contribution is 4.98. The molecule has 5 heteroatoms. The largest absolute Gasteiger partial charge is 0.381 e. The van der Waals surface area contributed by atoms with Gasteiger partial charge in [-0.15, -0.1) is 0 Å². The summed E-state index contributed by atoms with van der Waals surface area (Å²) in [5, 5.41) is 7.36. The molecule has 0 bridgehead atoms. The monoisotopic (exact) mass is 223 g/mol. The first-order valence-electron chi connectivity index (χ1n) is 6.03. The lowest BCUT2D eigenvalue weighted by Crippen LogP contribution is -2.08. The maximum atomic E-state index is 5.34. The number of nitrogens with one attached hydrogen (secondary N) is 1. The topological polar surface area (TPSA) is 60.2 Å². The zero-order valence-electron chi connectivity index (χ0n) is 9.32. The molecule has 0 saturated carbocycles. The molecule has 1 aromatic heterocycles. The molecule has 88 valence electrons. The summed E-state index contributed by atoms with van der Waals surface area (Å²) in [5.41, 5.74) is 0. The molecule has 3 rings (SSSR count). The zero-order valence-corrected chi connectivity index (χ0v) is 9.32. The lowest BCUT2D eigenvalue weighted by atomic mass is 10.1. The van der Waals surface area contributed by atoms with Crippen LogP contribution in [-0.2, 0) is 11.2 Å². The van der Waals surface area contributed by atoms with E-state index < -0.39 is 0 Å². The number of ether oxygens (including phenoxy) is 1. The lowest BCUT2D eigenvalue weighted by molar-refractivity contribution is 0.185. The molecule has 0 radical (unpaired) electrons. The van der Waals surface area contributed by atoms with Gasteiger partial charge in [0, 0.05) is 26.2 Å². The maximum Gasteiger partial charge on any atom is 0.231 e. The first-order chi connectivity index (χ1) is 7.92. The van der Waals surface area contributed by atoms with E-state index in [1.165, 1.54) is 0 Å². The van der Waals surface area contributed by atoms with Crippen LogP contribution < -0.4 is 5.32 Å². The van der Waals surface area contributed by atoms with E-state index >= 15 is 0 Å². The highest BCUT2D eigenvalue weighted by Gasteiger charge is 2.24. The predicted molar refractivity (Wildman–Crippen MR) is 57.2 cm³/mol. The minimum atomic E-state index is 0.418. The summed E-state index contributed by atoms with van der Waals surface area (Å²) < 4.78 is 10.7. The Kier molecular flexibility index (Phi) is 2.88. The smallest absolute Gasteiger partial charge is 0.231 e. The zero-order chi connectivity index (χ0) is 10.8. The van der Waals surface area contributed by atoms with Gasteiger partial charge in [-0.3, -0.25) is 0 Å². The molecule has 3 heterocycles. The van der Waals surface area contributed by atoms with Gasteiger partial charge in [0.1, 0.15) is 0 Å². The van der Waals surface area contributed by atoms with Gasteiger partial charge in [0.05, 0.1) is 5.92 Å². The molecule has 2 fully saturated rings. The Hall–Kier alpha value is -0.940. The highest BCUT2D eigenvalue weighted by Crippen LogP contribution is 2.22. The van der Waals surface area contributed by atoms with Crippen LogP contribution in [0.3, 0.4) is 0 Å². The van der Waals surface area contributed by atoms with Crippen LogP contribution in [0.5, 0.6) is 0 Å². The van der Waals surface area contributed by atoms with Gasteiger partial charge in [-0.2, -0.15) is 4.98 Å². The molecule has 2 unspecified atom stereocenters. The summed E-state index contributed by atoms with van der Waals surface area (Å²) in [6, 6.07) is 0. The van der Waals surface area contributed by atoms with Gasteiger partial charge in [0.2, 0.25) is 5.89 Å². The van der Waals surface area contributed by atoms with Crippen molar-refractivity contribution in [2.24, 2.45) is 5.92 Å². The Bertz CT molecular complexity index is 341. The number of hydrogen-bond donors (Lipinski definition) is 1. The van der Waals surface area contributed by atoms with Crippen molar-refractivity contribution in [2.75, 3.05) is 26.3 Å². The van der Waals surface area contributed by atoms with Crippen molar-refractivity contribution in [3.8, 4) is 0 Å². The Morgan fingerprint density at radius 1 is 1.38 bits per heavy atom. The third-order valence-electron chi connectivity index (χ3n) is 3.39. The van der Waals surface area contributed by atoms with Crippen molar-refractivity contribution in [1.82, 2.24) is 15.5 Å². The Morgan fingerprint density at radius 3 is 3.12 bits per heavy atom. The molecular weight excluding hydrogens is 206 g/mol. The number of nitrogens with zero attached hydrogens (tertiary/aromatic N) is 2. The number of aromatic nitrogens is 2. The van der Waals surface area contributed by atoms with E-state index in [2.05, 4.69) is 15.5 Å². The molecule has 0 amide bonds. The first-order valence-corrected chi connectivity index (χ1v) is 6.03. The molecule has 2 aliphatic rings. The van der Waals surface area contributed by atoms with Crippen LogP contribution in [-0.4, -0.2) is 36.4 Å². The SMILES string of the molecule is C1CC(c2nc(CC3CCOC3)no2)CN1. The van der Waals surface area contributed by atoms with Crippen molar-refractivity contribution in [1.29, 1.82) is 0 Å². The van der Waals surface area contributed by atoms with Crippen LogP contribution >= 0.6 is 0 Å². The first kappa shape index (κ1) is 10.2. The molecule has 16 heavy (non-hydrogen) atoms. The number of rotatable bonds is 3. The van der Waals surface area contributed by atoms with Crippen molar-refractivity contribution in [3.05, 3.63) is 11.7 Å². The standard InChI is InChI=1S/C11H17N3O2/c1-3-12-6-9(1)11-13-10(14-16-11)5-8-2-4-15-7-8/h8-9,12H,1-7H2. The predicted octanol–water partition coefficient (Wildman–Crippen LogP) is 0.725.